The lowest BCUT2D eigenvalue weighted by Crippen LogP contribution is -2.38. The summed E-state index contributed by atoms with van der Waals surface area (Å²) in [4.78, 5) is 24.1. The molecule has 0 fully saturated rings. The minimum absolute atomic E-state index is 0.0708. The number of benzene rings is 1. The molecular formula is C14H19NO5. The first-order chi connectivity index (χ1) is 9.24. The highest BCUT2D eigenvalue weighted by Gasteiger charge is 2.23. The molecule has 6 nitrogen and oxygen atoms in total. The molecule has 1 rings (SSSR count). The number of hydrogen-bond acceptors (Lipinski definition) is 4. The van der Waals surface area contributed by atoms with Crippen LogP contribution in [-0.2, 0) is 4.74 Å². The summed E-state index contributed by atoms with van der Waals surface area (Å²) in [6, 6.07) is 5.80. The molecule has 0 bridgehead atoms. The number of hydrogen-bond donors (Lipinski definition) is 2. The van der Waals surface area contributed by atoms with Crippen LogP contribution in [0, 0.1) is 0 Å². The van der Waals surface area contributed by atoms with Crippen LogP contribution in [0.5, 0.6) is 0 Å². The first kappa shape index (κ1) is 16.0. The Bertz CT molecular complexity index is 475. The van der Waals surface area contributed by atoms with Gasteiger partial charge in [-0.05, 0) is 45.0 Å². The summed E-state index contributed by atoms with van der Waals surface area (Å²) in [5, 5.41) is 17.9. The maximum atomic E-state index is 12.0. The quantitative estimate of drug-likeness (QED) is 0.882. The molecule has 0 aromatic heterocycles. The zero-order valence-electron chi connectivity index (χ0n) is 11.8. The first-order valence-electron chi connectivity index (χ1n) is 6.19. The average molecular weight is 281 g/mol. The number of carbonyl (C=O) groups excluding carboxylic acids is 1. The molecule has 110 valence electrons. The number of rotatable bonds is 4. The molecule has 0 aliphatic rings. The van der Waals surface area contributed by atoms with Crippen LogP contribution in [-0.4, -0.2) is 41.0 Å². The molecule has 1 amide bonds. The number of aromatic carboxylic acids is 1. The van der Waals surface area contributed by atoms with Gasteiger partial charge in [0.15, 0.2) is 0 Å². The second kappa shape index (κ2) is 6.38. The van der Waals surface area contributed by atoms with Gasteiger partial charge in [-0.3, -0.25) is 4.90 Å². The predicted molar refractivity (Wildman–Crippen MR) is 74.1 cm³/mol. The van der Waals surface area contributed by atoms with Crippen LogP contribution in [0.2, 0.25) is 0 Å². The molecule has 20 heavy (non-hydrogen) atoms. The lowest BCUT2D eigenvalue weighted by molar-refractivity contribution is 0.0573. The molecule has 0 aliphatic heterocycles. The molecule has 0 aliphatic carbocycles. The van der Waals surface area contributed by atoms with E-state index < -0.39 is 17.7 Å². The van der Waals surface area contributed by atoms with E-state index >= 15 is 0 Å². The number of amides is 1. The van der Waals surface area contributed by atoms with Gasteiger partial charge < -0.3 is 14.9 Å². The van der Waals surface area contributed by atoms with E-state index in [9.17, 15) is 9.59 Å². The number of aliphatic hydroxyl groups is 1. The zero-order chi connectivity index (χ0) is 15.3. The van der Waals surface area contributed by atoms with Crippen LogP contribution in [0.1, 0.15) is 31.1 Å². The summed E-state index contributed by atoms with van der Waals surface area (Å²) in [7, 11) is 0. The summed E-state index contributed by atoms with van der Waals surface area (Å²) < 4.78 is 5.24. The minimum Gasteiger partial charge on any atom is -0.478 e. The highest BCUT2D eigenvalue weighted by Crippen LogP contribution is 2.19. The third-order valence-corrected chi connectivity index (χ3v) is 2.36. The Morgan fingerprint density at radius 1 is 1.20 bits per heavy atom. The SMILES string of the molecule is CC(C)(C)OC(=O)N(CCO)c1ccc(C(=O)O)cc1. The predicted octanol–water partition coefficient (Wildman–Crippen LogP) is 2.12. The number of nitrogens with zero attached hydrogens (tertiary/aromatic N) is 1. The number of carboxylic acid groups (broad SMARTS) is 1. The maximum absolute atomic E-state index is 12.0. The zero-order valence-corrected chi connectivity index (χ0v) is 11.8. The van der Waals surface area contributed by atoms with Gasteiger partial charge in [-0.25, -0.2) is 9.59 Å². The fourth-order valence-corrected chi connectivity index (χ4v) is 1.53. The Labute approximate surface area is 117 Å². The number of aliphatic hydroxyl groups excluding tert-OH is 1. The van der Waals surface area contributed by atoms with Gasteiger partial charge in [0.2, 0.25) is 0 Å². The van der Waals surface area contributed by atoms with Crippen molar-refractivity contribution in [3.8, 4) is 0 Å². The largest absolute Gasteiger partial charge is 0.478 e. The Hall–Kier alpha value is -2.08. The normalized spacial score (nSPS) is 11.0. The van der Waals surface area contributed by atoms with Crippen molar-refractivity contribution >= 4 is 17.7 Å². The van der Waals surface area contributed by atoms with Crippen LogP contribution < -0.4 is 4.90 Å². The highest BCUT2D eigenvalue weighted by molar-refractivity contribution is 5.91. The molecule has 0 radical (unpaired) electrons. The summed E-state index contributed by atoms with van der Waals surface area (Å²) >= 11 is 0. The average Bonchev–Trinajstić information content (AvgIpc) is 2.34. The fourth-order valence-electron chi connectivity index (χ4n) is 1.53. The van der Waals surface area contributed by atoms with E-state index in [-0.39, 0.29) is 18.7 Å². The molecule has 0 atom stereocenters. The van der Waals surface area contributed by atoms with Crippen molar-refractivity contribution < 1.29 is 24.5 Å². The maximum Gasteiger partial charge on any atom is 0.414 e. The molecule has 0 spiro atoms. The molecule has 6 heteroatoms. The van der Waals surface area contributed by atoms with Crippen molar-refractivity contribution in [3.63, 3.8) is 0 Å². The van der Waals surface area contributed by atoms with E-state index in [1.807, 2.05) is 0 Å². The standard InChI is InChI=1S/C14H19NO5/c1-14(2,3)20-13(19)15(8-9-16)11-6-4-10(5-7-11)12(17)18/h4-7,16H,8-9H2,1-3H3,(H,17,18). The van der Waals surface area contributed by atoms with E-state index in [1.165, 1.54) is 29.2 Å². The van der Waals surface area contributed by atoms with E-state index in [0.29, 0.717) is 5.69 Å². The molecule has 2 N–H and O–H groups in total. The van der Waals surface area contributed by atoms with Gasteiger partial charge in [-0.2, -0.15) is 0 Å². The summed E-state index contributed by atoms with van der Waals surface area (Å²) in [5.74, 6) is -1.04. The Kier molecular flexibility index (Phi) is 5.10. The molecule has 0 heterocycles. The van der Waals surface area contributed by atoms with E-state index in [1.54, 1.807) is 20.8 Å². The number of carbonyl (C=O) groups is 2. The Balaban J connectivity index is 2.95. The van der Waals surface area contributed by atoms with Crippen molar-refractivity contribution in [1.82, 2.24) is 0 Å². The van der Waals surface area contributed by atoms with Crippen molar-refractivity contribution in [2.75, 3.05) is 18.1 Å². The molecular weight excluding hydrogens is 262 g/mol. The smallest absolute Gasteiger partial charge is 0.414 e. The van der Waals surface area contributed by atoms with Crippen LogP contribution in [0.4, 0.5) is 10.5 Å². The van der Waals surface area contributed by atoms with Crippen molar-refractivity contribution in [1.29, 1.82) is 0 Å². The van der Waals surface area contributed by atoms with E-state index in [0.717, 1.165) is 0 Å². The van der Waals surface area contributed by atoms with Crippen molar-refractivity contribution in [3.05, 3.63) is 29.8 Å². The topological polar surface area (TPSA) is 87.1 Å². The van der Waals surface area contributed by atoms with Gasteiger partial charge in [-0.15, -0.1) is 0 Å². The second-order valence-electron chi connectivity index (χ2n) is 5.21. The van der Waals surface area contributed by atoms with E-state index in [4.69, 9.17) is 14.9 Å². The Morgan fingerprint density at radius 2 is 1.75 bits per heavy atom. The number of ether oxygens (including phenoxy) is 1. The minimum atomic E-state index is -1.04. The molecule has 1 aromatic carbocycles. The van der Waals surface area contributed by atoms with Gasteiger partial charge in [0.1, 0.15) is 5.60 Å². The van der Waals surface area contributed by atoms with Gasteiger partial charge in [-0.1, -0.05) is 0 Å². The van der Waals surface area contributed by atoms with Gasteiger partial charge >= 0.3 is 12.1 Å². The summed E-state index contributed by atoms with van der Waals surface area (Å²) in [6.07, 6.45) is -0.588. The molecule has 0 saturated carbocycles. The van der Waals surface area contributed by atoms with Gasteiger partial charge in [0.25, 0.3) is 0 Å². The van der Waals surface area contributed by atoms with Crippen molar-refractivity contribution in [2.45, 2.75) is 26.4 Å². The van der Waals surface area contributed by atoms with E-state index in [2.05, 4.69) is 0 Å². The van der Waals surface area contributed by atoms with Crippen LogP contribution >= 0.6 is 0 Å². The number of anilines is 1. The summed E-state index contributed by atoms with van der Waals surface area (Å²) in [5.41, 5.74) is -0.0496. The third kappa shape index (κ3) is 4.55. The van der Waals surface area contributed by atoms with Crippen LogP contribution in [0.15, 0.2) is 24.3 Å². The van der Waals surface area contributed by atoms with Crippen molar-refractivity contribution in [2.24, 2.45) is 0 Å². The first-order valence-corrected chi connectivity index (χ1v) is 6.19. The molecule has 0 unspecified atom stereocenters. The van der Waals surface area contributed by atoms with Gasteiger partial charge in [0.05, 0.1) is 18.7 Å². The van der Waals surface area contributed by atoms with Gasteiger partial charge in [0, 0.05) is 5.69 Å². The monoisotopic (exact) mass is 281 g/mol. The number of carboxylic acids is 1. The Morgan fingerprint density at radius 3 is 2.15 bits per heavy atom. The fraction of sp³-hybridized carbons (Fsp3) is 0.429. The highest BCUT2D eigenvalue weighted by atomic mass is 16.6. The lowest BCUT2D eigenvalue weighted by Gasteiger charge is -2.27. The summed E-state index contributed by atoms with van der Waals surface area (Å²) in [6.45, 7) is 5.09. The molecule has 1 aromatic rings. The van der Waals surface area contributed by atoms with Crippen LogP contribution in [0.25, 0.3) is 0 Å². The second-order valence-corrected chi connectivity index (χ2v) is 5.21. The lowest BCUT2D eigenvalue weighted by atomic mass is 10.2. The third-order valence-electron chi connectivity index (χ3n) is 2.36. The molecule has 0 saturated heterocycles. The van der Waals surface area contributed by atoms with Crippen LogP contribution in [0.3, 0.4) is 0 Å².